The standard InChI is InChI=1S/C12H28N2O4/c1-15-7-5-14(6-8-16-2)11(10-13)9-12(17-3)18-4/h11-12H,5-10,13H2,1-4H3. The highest BCUT2D eigenvalue weighted by atomic mass is 16.7. The molecule has 2 N–H and O–H groups in total. The molecule has 0 radical (unpaired) electrons. The molecule has 0 aromatic heterocycles. The average molecular weight is 264 g/mol. The zero-order valence-corrected chi connectivity index (χ0v) is 12.1. The van der Waals surface area contributed by atoms with Crippen LogP contribution in [0.5, 0.6) is 0 Å². The second kappa shape index (κ2) is 11.8. The second-order valence-corrected chi connectivity index (χ2v) is 4.05. The van der Waals surface area contributed by atoms with Crippen LogP contribution in [0.1, 0.15) is 6.42 Å². The Morgan fingerprint density at radius 3 is 1.78 bits per heavy atom. The average Bonchev–Trinajstić information content (AvgIpc) is 2.41. The van der Waals surface area contributed by atoms with Crippen LogP contribution in [0.4, 0.5) is 0 Å². The van der Waals surface area contributed by atoms with Crippen LogP contribution in [-0.4, -0.2) is 78.5 Å². The number of hydrogen-bond acceptors (Lipinski definition) is 6. The topological polar surface area (TPSA) is 66.2 Å². The Bertz CT molecular complexity index is 171. The summed E-state index contributed by atoms with van der Waals surface area (Å²) in [7, 11) is 6.66. The molecule has 1 unspecified atom stereocenters. The Kier molecular flexibility index (Phi) is 11.7. The molecular formula is C12H28N2O4. The maximum Gasteiger partial charge on any atom is 0.158 e. The van der Waals surface area contributed by atoms with Gasteiger partial charge in [-0.3, -0.25) is 4.90 Å². The Labute approximate surface area is 110 Å². The van der Waals surface area contributed by atoms with E-state index in [9.17, 15) is 0 Å². The number of nitrogens with zero attached hydrogens (tertiary/aromatic N) is 1. The first-order valence-electron chi connectivity index (χ1n) is 6.21. The largest absolute Gasteiger partial charge is 0.383 e. The van der Waals surface area contributed by atoms with Crippen LogP contribution in [0.2, 0.25) is 0 Å². The molecule has 0 fully saturated rings. The minimum absolute atomic E-state index is 0.195. The van der Waals surface area contributed by atoms with E-state index in [-0.39, 0.29) is 12.3 Å². The normalized spacial score (nSPS) is 13.5. The number of nitrogens with two attached hydrogens (primary N) is 1. The van der Waals surface area contributed by atoms with Crippen LogP contribution in [0.3, 0.4) is 0 Å². The molecular weight excluding hydrogens is 236 g/mol. The van der Waals surface area contributed by atoms with Gasteiger partial charge in [0.25, 0.3) is 0 Å². The van der Waals surface area contributed by atoms with Crippen molar-refractivity contribution < 1.29 is 18.9 Å². The highest BCUT2D eigenvalue weighted by Gasteiger charge is 2.21. The van der Waals surface area contributed by atoms with E-state index in [1.165, 1.54) is 0 Å². The lowest BCUT2D eigenvalue weighted by molar-refractivity contribution is -0.117. The summed E-state index contributed by atoms with van der Waals surface area (Å²) < 4.78 is 20.7. The Morgan fingerprint density at radius 2 is 1.44 bits per heavy atom. The van der Waals surface area contributed by atoms with E-state index in [1.807, 2.05) is 0 Å². The van der Waals surface area contributed by atoms with Crippen LogP contribution < -0.4 is 5.73 Å². The fraction of sp³-hybridized carbons (Fsp3) is 1.00. The van der Waals surface area contributed by atoms with Crippen molar-refractivity contribution in [1.29, 1.82) is 0 Å². The lowest BCUT2D eigenvalue weighted by atomic mass is 10.1. The van der Waals surface area contributed by atoms with E-state index in [0.29, 0.717) is 19.8 Å². The van der Waals surface area contributed by atoms with Crippen LogP contribution in [-0.2, 0) is 18.9 Å². The summed E-state index contributed by atoms with van der Waals surface area (Å²) >= 11 is 0. The third-order valence-electron chi connectivity index (χ3n) is 2.94. The molecule has 0 heterocycles. The third kappa shape index (κ3) is 7.25. The van der Waals surface area contributed by atoms with Gasteiger partial charge in [0.05, 0.1) is 13.2 Å². The van der Waals surface area contributed by atoms with Crippen molar-refractivity contribution in [3.8, 4) is 0 Å². The van der Waals surface area contributed by atoms with Crippen molar-refractivity contribution in [2.45, 2.75) is 18.8 Å². The molecule has 0 aromatic carbocycles. The van der Waals surface area contributed by atoms with Gasteiger partial charge in [-0.25, -0.2) is 0 Å². The van der Waals surface area contributed by atoms with Gasteiger partial charge in [0.2, 0.25) is 0 Å². The fourth-order valence-corrected chi connectivity index (χ4v) is 1.80. The van der Waals surface area contributed by atoms with Gasteiger partial charge in [-0.2, -0.15) is 0 Å². The van der Waals surface area contributed by atoms with E-state index >= 15 is 0 Å². The summed E-state index contributed by atoms with van der Waals surface area (Å²) in [6, 6.07) is 0.195. The molecule has 0 saturated carbocycles. The molecule has 0 aliphatic rings. The molecule has 6 nitrogen and oxygen atoms in total. The Morgan fingerprint density at radius 1 is 0.944 bits per heavy atom. The Balaban J connectivity index is 4.36. The maximum absolute atomic E-state index is 5.84. The second-order valence-electron chi connectivity index (χ2n) is 4.05. The fourth-order valence-electron chi connectivity index (χ4n) is 1.80. The predicted octanol–water partition coefficient (Wildman–Crippen LogP) is -0.0825. The molecule has 1 atom stereocenters. The van der Waals surface area contributed by atoms with Crippen molar-refractivity contribution in [3.63, 3.8) is 0 Å². The van der Waals surface area contributed by atoms with Gasteiger partial charge >= 0.3 is 0 Å². The van der Waals surface area contributed by atoms with Crippen LogP contribution in [0.25, 0.3) is 0 Å². The lowest BCUT2D eigenvalue weighted by Crippen LogP contribution is -2.46. The van der Waals surface area contributed by atoms with Gasteiger partial charge in [0, 0.05) is 60.5 Å². The molecule has 0 aliphatic carbocycles. The van der Waals surface area contributed by atoms with Crippen molar-refractivity contribution in [3.05, 3.63) is 0 Å². The first-order chi connectivity index (χ1) is 8.73. The van der Waals surface area contributed by atoms with E-state index < -0.39 is 0 Å². The quantitative estimate of drug-likeness (QED) is 0.497. The number of rotatable bonds is 12. The number of hydrogen-bond donors (Lipinski definition) is 1. The monoisotopic (exact) mass is 264 g/mol. The summed E-state index contributed by atoms with van der Waals surface area (Å²) in [5, 5.41) is 0. The van der Waals surface area contributed by atoms with E-state index in [4.69, 9.17) is 24.7 Å². The molecule has 0 aliphatic heterocycles. The first-order valence-corrected chi connectivity index (χ1v) is 6.21. The SMILES string of the molecule is COCCN(CCOC)C(CN)CC(OC)OC. The summed E-state index contributed by atoms with van der Waals surface area (Å²) in [5.41, 5.74) is 5.84. The molecule has 0 saturated heterocycles. The van der Waals surface area contributed by atoms with Gasteiger partial charge in [-0.15, -0.1) is 0 Å². The summed E-state index contributed by atoms with van der Waals surface area (Å²) in [5.74, 6) is 0. The summed E-state index contributed by atoms with van der Waals surface area (Å²) in [6.45, 7) is 3.54. The zero-order chi connectivity index (χ0) is 13.8. The lowest BCUT2D eigenvalue weighted by Gasteiger charge is -2.32. The minimum Gasteiger partial charge on any atom is -0.383 e. The molecule has 110 valence electrons. The highest BCUT2D eigenvalue weighted by molar-refractivity contribution is 4.74. The number of ether oxygens (including phenoxy) is 4. The van der Waals surface area contributed by atoms with Crippen molar-refractivity contribution in [1.82, 2.24) is 4.90 Å². The molecule has 0 aromatic rings. The molecule has 0 bridgehead atoms. The van der Waals surface area contributed by atoms with Crippen LogP contribution in [0.15, 0.2) is 0 Å². The maximum atomic E-state index is 5.84. The van der Waals surface area contributed by atoms with Gasteiger partial charge in [-0.1, -0.05) is 0 Å². The molecule has 6 heteroatoms. The third-order valence-corrected chi connectivity index (χ3v) is 2.94. The van der Waals surface area contributed by atoms with E-state index in [1.54, 1.807) is 28.4 Å². The van der Waals surface area contributed by atoms with Gasteiger partial charge < -0.3 is 24.7 Å². The zero-order valence-electron chi connectivity index (χ0n) is 12.1. The highest BCUT2D eigenvalue weighted by Crippen LogP contribution is 2.09. The van der Waals surface area contributed by atoms with Crippen molar-refractivity contribution in [2.75, 3.05) is 61.3 Å². The summed E-state index contributed by atoms with van der Waals surface area (Å²) in [4.78, 5) is 2.25. The van der Waals surface area contributed by atoms with Gasteiger partial charge in [0.15, 0.2) is 6.29 Å². The predicted molar refractivity (Wildman–Crippen MR) is 70.6 cm³/mol. The first kappa shape index (κ1) is 17.8. The van der Waals surface area contributed by atoms with Gasteiger partial charge in [0.1, 0.15) is 0 Å². The van der Waals surface area contributed by atoms with E-state index in [0.717, 1.165) is 19.5 Å². The van der Waals surface area contributed by atoms with Crippen LogP contribution in [0, 0.1) is 0 Å². The molecule has 18 heavy (non-hydrogen) atoms. The van der Waals surface area contributed by atoms with Gasteiger partial charge in [-0.05, 0) is 0 Å². The number of methoxy groups -OCH3 is 4. The minimum atomic E-state index is -0.230. The van der Waals surface area contributed by atoms with Crippen molar-refractivity contribution in [2.24, 2.45) is 5.73 Å². The smallest absolute Gasteiger partial charge is 0.158 e. The van der Waals surface area contributed by atoms with Crippen LogP contribution >= 0.6 is 0 Å². The molecule has 0 amide bonds. The molecule has 0 spiro atoms. The summed E-state index contributed by atoms with van der Waals surface area (Å²) in [6.07, 6.45) is 0.503. The van der Waals surface area contributed by atoms with E-state index in [2.05, 4.69) is 4.90 Å². The molecule has 0 rings (SSSR count). The Hall–Kier alpha value is -0.240. The van der Waals surface area contributed by atoms with Crippen molar-refractivity contribution >= 4 is 0 Å².